The minimum atomic E-state index is -0.0949. The van der Waals surface area contributed by atoms with E-state index in [0.717, 1.165) is 74.9 Å². The minimum absolute atomic E-state index is 0.0556. The van der Waals surface area contributed by atoms with Crippen LogP contribution in [0.1, 0.15) is 145 Å². The number of furan rings is 3. The van der Waals surface area contributed by atoms with Crippen molar-refractivity contribution < 1.29 is 51.6 Å². The first-order valence-corrected chi connectivity index (χ1v) is 34.1. The Kier molecular flexibility index (Phi) is 38.3. The first-order valence-electron chi connectivity index (χ1n) is 31.5. The molecular weight excluding hydrogens is 1220 g/mol. The quantitative estimate of drug-likeness (QED) is 0.131. The van der Waals surface area contributed by atoms with Crippen molar-refractivity contribution in [3.63, 3.8) is 0 Å². The molecule has 512 valence electrons. The van der Waals surface area contributed by atoms with Gasteiger partial charge in [-0.3, -0.25) is 48.2 Å². The molecule has 0 N–H and O–H groups in total. The third kappa shape index (κ3) is 33.6. The van der Waals surface area contributed by atoms with Crippen LogP contribution in [0, 0.1) is 119 Å². The Morgan fingerprint density at radius 1 is 0.370 bits per heavy atom. The zero-order valence-corrected chi connectivity index (χ0v) is 62.3. The van der Waals surface area contributed by atoms with Crippen molar-refractivity contribution in [2.24, 2.45) is 35.5 Å². The lowest BCUT2D eigenvalue weighted by Gasteiger charge is -2.05. The summed E-state index contributed by atoms with van der Waals surface area (Å²) in [6, 6.07) is 16.6. The third-order valence-corrected chi connectivity index (χ3v) is 17.7. The molecule has 6 atom stereocenters. The van der Waals surface area contributed by atoms with E-state index in [1.165, 1.54) is 65.7 Å². The van der Waals surface area contributed by atoms with Crippen LogP contribution in [-0.2, 0) is 38.4 Å². The number of imide groups is 2. The van der Waals surface area contributed by atoms with Crippen molar-refractivity contribution in [2.45, 2.75) is 163 Å². The maximum Gasteiger partial charge on any atom is 0.232 e. The topological polar surface area (TPSA) is 195 Å². The summed E-state index contributed by atoms with van der Waals surface area (Å²) in [6.45, 7) is 40.0. The van der Waals surface area contributed by atoms with Crippen molar-refractivity contribution in [1.82, 2.24) is 29.4 Å². The lowest BCUT2D eigenvalue weighted by molar-refractivity contribution is -0.139. The summed E-state index contributed by atoms with van der Waals surface area (Å²) < 4.78 is 15.0. The Labute approximate surface area is 562 Å². The highest BCUT2D eigenvalue weighted by atomic mass is 32.1. The molecule has 0 aromatic carbocycles. The maximum atomic E-state index is 10.8. The Balaban J connectivity index is 0.000000502. The molecule has 6 aliphatic heterocycles. The van der Waals surface area contributed by atoms with Gasteiger partial charge in [-0.05, 0) is 189 Å². The number of nitrogens with zero attached hydrogens (tertiary/aromatic N) is 6. The van der Waals surface area contributed by atoms with Crippen LogP contribution in [0.25, 0.3) is 0 Å². The minimum Gasteiger partial charge on any atom is -0.469 e. The largest absolute Gasteiger partial charge is 0.469 e. The molecule has 0 spiro atoms. The van der Waals surface area contributed by atoms with Gasteiger partial charge in [-0.2, -0.15) is 0 Å². The van der Waals surface area contributed by atoms with E-state index < -0.39 is 0 Å². The molecule has 0 saturated carbocycles. The zero-order valence-electron chi connectivity index (χ0n) is 59.9. The summed E-state index contributed by atoms with van der Waals surface area (Å²) in [5.74, 6) is 6.39. The lowest BCUT2D eigenvalue weighted by atomic mass is 10.1. The van der Waals surface area contributed by atoms with Gasteiger partial charge in [-0.15, -0.1) is 34.0 Å². The number of amides is 8. The monoisotopic (exact) mass is 1330 g/mol. The molecule has 20 heteroatoms. The van der Waals surface area contributed by atoms with Gasteiger partial charge in [0.1, 0.15) is 23.0 Å². The smallest absolute Gasteiger partial charge is 0.232 e. The summed E-state index contributed by atoms with van der Waals surface area (Å²) in [6.07, 6.45) is 7.83. The number of carbonyl (C=O) groups excluding carboxylic acids is 8. The van der Waals surface area contributed by atoms with Crippen molar-refractivity contribution in [1.29, 1.82) is 0 Å². The van der Waals surface area contributed by atoms with E-state index >= 15 is 0 Å². The van der Waals surface area contributed by atoms with Gasteiger partial charge in [0.2, 0.25) is 47.3 Å². The molecule has 12 heterocycles. The average Bonchev–Trinajstić information content (AvgIpc) is 2.01. The molecule has 6 aliphatic rings. The first kappa shape index (κ1) is 83.1. The second kappa shape index (κ2) is 42.4. The van der Waals surface area contributed by atoms with E-state index in [9.17, 15) is 38.4 Å². The van der Waals surface area contributed by atoms with Gasteiger partial charge in [-0.1, -0.05) is 41.5 Å². The van der Waals surface area contributed by atoms with Gasteiger partial charge in [0.15, 0.2) is 0 Å². The molecule has 6 aromatic heterocycles. The van der Waals surface area contributed by atoms with Crippen molar-refractivity contribution >= 4 is 81.3 Å². The van der Waals surface area contributed by atoms with Crippen molar-refractivity contribution in [2.75, 3.05) is 68.5 Å². The van der Waals surface area contributed by atoms with Crippen molar-refractivity contribution in [3.8, 4) is 0 Å². The van der Waals surface area contributed by atoms with Crippen LogP contribution < -0.4 is 0 Å². The average molecular weight is 1330 g/mol. The second-order valence-corrected chi connectivity index (χ2v) is 28.8. The first-order chi connectivity index (χ1) is 42.8. The zero-order chi connectivity index (χ0) is 70.3. The Morgan fingerprint density at radius 2 is 0.707 bits per heavy atom. The Bertz CT molecular complexity index is 2680. The predicted octanol–water partition coefficient (Wildman–Crippen LogP) is 14.7. The van der Waals surface area contributed by atoms with Crippen LogP contribution >= 0.6 is 34.0 Å². The molecular formula is C72H110N6O11S3. The van der Waals surface area contributed by atoms with Crippen LogP contribution in [-0.4, -0.2) is 145 Å². The van der Waals surface area contributed by atoms with E-state index in [-0.39, 0.29) is 59.1 Å². The maximum absolute atomic E-state index is 10.8. The van der Waals surface area contributed by atoms with E-state index in [1.807, 2.05) is 119 Å². The van der Waals surface area contributed by atoms with E-state index in [2.05, 4.69) is 90.4 Å². The molecule has 92 heavy (non-hydrogen) atoms. The van der Waals surface area contributed by atoms with Gasteiger partial charge in [0.05, 0.1) is 12.5 Å². The standard InChI is InChI=1S/2C6H9NO2.4C6H11NO.3C6H8O.3C6H8S/c2*1-4-3-5(8)7(2)6(4)9;2*1-5-3-6(8)7(2)4-5;2*1-5-3-4-7(2)6(5)8;2*1-5-3-6(2)7-4-5;1-5-3-4-6(2)7-5;2*1-5-3-6(2)7-4-5;1-5-3-4-6(2)7-5/h2*4H,3H2,1-2H3;4*5H,3-4H2,1-2H3;6*3-4H,1-2H3. The van der Waals surface area contributed by atoms with Crippen LogP contribution in [0.2, 0.25) is 0 Å². The summed E-state index contributed by atoms with van der Waals surface area (Å²) in [5.41, 5.74) is 5.14. The lowest BCUT2D eigenvalue weighted by Crippen LogP contribution is -2.24. The summed E-state index contributed by atoms with van der Waals surface area (Å²) in [4.78, 5) is 101. The van der Waals surface area contributed by atoms with Gasteiger partial charge in [-0.25, -0.2) is 0 Å². The number of hydrogen-bond donors (Lipinski definition) is 0. The molecule has 6 aromatic rings. The number of thiophene rings is 3. The van der Waals surface area contributed by atoms with E-state index in [4.69, 9.17) is 13.3 Å². The fraction of sp³-hybridized carbons (Fsp3) is 0.556. The molecule has 8 amide bonds. The Hall–Kier alpha value is -6.90. The highest BCUT2D eigenvalue weighted by Gasteiger charge is 2.33. The SMILES string of the molecule is CC1CC(=O)N(C)C1.CC1CC(=O)N(C)C1.CC1CC(=O)N(C)C1=O.CC1CC(=O)N(C)C1=O.CC1CCN(C)C1=O.CC1CCN(C)C1=O.Cc1ccc(C)o1.Cc1ccc(C)s1.Cc1coc(C)c1.Cc1coc(C)c1.Cc1csc(C)c1.Cc1csc(C)c1. The van der Waals surface area contributed by atoms with Gasteiger partial charge < -0.3 is 32.9 Å². The number of hydrogen-bond acceptors (Lipinski definition) is 14. The highest BCUT2D eigenvalue weighted by molar-refractivity contribution is 7.11. The normalized spacial score (nSPS) is 20.0. The molecule has 6 fully saturated rings. The van der Waals surface area contributed by atoms with Crippen LogP contribution in [0.5, 0.6) is 0 Å². The van der Waals surface area contributed by atoms with Crippen LogP contribution in [0.4, 0.5) is 0 Å². The second-order valence-electron chi connectivity index (χ2n) is 25.1. The summed E-state index contributed by atoms with van der Waals surface area (Å²) in [7, 11) is 10.5. The Morgan fingerprint density at radius 3 is 0.783 bits per heavy atom. The van der Waals surface area contributed by atoms with E-state index in [1.54, 1.807) is 68.6 Å². The van der Waals surface area contributed by atoms with Crippen molar-refractivity contribution in [3.05, 3.63) is 137 Å². The fourth-order valence-electron chi connectivity index (χ4n) is 9.46. The number of likely N-dealkylation sites (tertiary alicyclic amines) is 6. The molecule has 0 aliphatic carbocycles. The molecule has 6 saturated heterocycles. The highest BCUT2D eigenvalue weighted by Crippen LogP contribution is 2.20. The van der Waals surface area contributed by atoms with E-state index in [0.29, 0.717) is 36.5 Å². The summed E-state index contributed by atoms with van der Waals surface area (Å²) >= 11 is 5.45. The number of aryl methyl sites for hydroxylation is 12. The van der Waals surface area contributed by atoms with Crippen LogP contribution in [0.3, 0.4) is 0 Å². The van der Waals surface area contributed by atoms with Crippen LogP contribution in [0.15, 0.2) is 85.1 Å². The number of rotatable bonds is 0. The molecule has 0 radical (unpaired) electrons. The van der Waals surface area contributed by atoms with Gasteiger partial charge in [0, 0.05) is 137 Å². The van der Waals surface area contributed by atoms with Gasteiger partial charge in [0.25, 0.3) is 0 Å². The molecule has 12 rings (SSSR count). The molecule has 0 bridgehead atoms. The molecule has 17 nitrogen and oxygen atoms in total. The predicted molar refractivity (Wildman–Crippen MR) is 375 cm³/mol. The third-order valence-electron chi connectivity index (χ3n) is 14.9. The molecule has 6 unspecified atom stereocenters. The van der Waals surface area contributed by atoms with Gasteiger partial charge >= 0.3 is 0 Å². The fourth-order valence-corrected chi connectivity index (χ4v) is 11.6. The number of carbonyl (C=O) groups is 8. The summed E-state index contributed by atoms with van der Waals surface area (Å²) in [5, 5.41) is 4.32.